The average molecular weight is 445 g/mol. The molecule has 2 rings (SSSR count). The van der Waals surface area contributed by atoms with Gasteiger partial charge in [0, 0.05) is 17.8 Å². The van der Waals surface area contributed by atoms with Crippen molar-refractivity contribution in [2.75, 3.05) is 12.4 Å². The number of rotatable bonds is 6. The smallest absolute Gasteiger partial charge is 0.425 e. The van der Waals surface area contributed by atoms with E-state index in [2.05, 4.69) is 15.0 Å². The van der Waals surface area contributed by atoms with E-state index < -0.39 is 47.2 Å². The maximum Gasteiger partial charge on any atom is 0.425 e. The summed E-state index contributed by atoms with van der Waals surface area (Å²) in [6, 6.07) is 1.22. The van der Waals surface area contributed by atoms with Gasteiger partial charge in [-0.3, -0.25) is 4.79 Å². The van der Waals surface area contributed by atoms with Gasteiger partial charge in [-0.25, -0.2) is 14.2 Å². The van der Waals surface area contributed by atoms with E-state index in [1.54, 1.807) is 13.8 Å². The van der Waals surface area contributed by atoms with E-state index in [0.717, 1.165) is 0 Å². The summed E-state index contributed by atoms with van der Waals surface area (Å²) in [7, 11) is 1.37. The van der Waals surface area contributed by atoms with Gasteiger partial charge in [-0.2, -0.15) is 13.2 Å². The number of anilines is 1. The molecule has 0 aliphatic carbocycles. The van der Waals surface area contributed by atoms with Gasteiger partial charge in [0.05, 0.1) is 18.4 Å². The van der Waals surface area contributed by atoms with Gasteiger partial charge in [0.2, 0.25) is 5.88 Å². The molecule has 0 unspecified atom stereocenters. The molecule has 0 saturated heterocycles. The number of ether oxygens (including phenoxy) is 3. The van der Waals surface area contributed by atoms with Gasteiger partial charge >= 0.3 is 12.3 Å². The van der Waals surface area contributed by atoms with Crippen LogP contribution in [0, 0.1) is 19.7 Å². The molecule has 0 fully saturated rings. The van der Waals surface area contributed by atoms with Gasteiger partial charge in [0.15, 0.2) is 17.7 Å². The third-order valence-corrected chi connectivity index (χ3v) is 4.15. The zero-order valence-electron chi connectivity index (χ0n) is 16.9. The number of aryl methyl sites for hydroxylation is 1. The molecule has 1 heterocycles. The number of halogens is 4. The van der Waals surface area contributed by atoms with Crippen molar-refractivity contribution in [1.29, 1.82) is 0 Å². The molecule has 31 heavy (non-hydrogen) atoms. The van der Waals surface area contributed by atoms with E-state index in [9.17, 15) is 27.2 Å². The van der Waals surface area contributed by atoms with Crippen LogP contribution in [0.1, 0.15) is 28.4 Å². The number of alkyl halides is 3. The molecular weight excluding hydrogens is 426 g/mol. The van der Waals surface area contributed by atoms with Crippen molar-refractivity contribution in [2.24, 2.45) is 5.73 Å². The highest BCUT2D eigenvalue weighted by atomic mass is 19.4. The van der Waals surface area contributed by atoms with Gasteiger partial charge in [-0.15, -0.1) is 0 Å². The lowest BCUT2D eigenvalue weighted by Gasteiger charge is -2.21. The lowest BCUT2D eigenvalue weighted by atomic mass is 10.1. The molecule has 0 aliphatic heterocycles. The standard InChI is InChI=1S/C19H19F4N3O5/c1-8-7-25-17(29-4)9(2)15(8)26-16(27)11-5-12(20)14(31-18(24)28)6-13(11)30-10(3)19(21,22)23/h5-7,10H,1-4H3,(H2,24,28)(H,25,26,27)/t10-/m0/s1. The number of hydrogen-bond acceptors (Lipinski definition) is 6. The molecule has 1 aromatic heterocycles. The second kappa shape index (κ2) is 9.06. The largest absolute Gasteiger partial charge is 0.481 e. The summed E-state index contributed by atoms with van der Waals surface area (Å²) in [4.78, 5) is 27.8. The van der Waals surface area contributed by atoms with E-state index in [-0.39, 0.29) is 11.6 Å². The molecule has 2 amide bonds. The Hall–Kier alpha value is -3.57. The van der Waals surface area contributed by atoms with Crippen molar-refractivity contribution in [3.63, 3.8) is 0 Å². The number of carbonyl (C=O) groups excluding carboxylic acids is 2. The van der Waals surface area contributed by atoms with Gasteiger partial charge in [0.1, 0.15) is 5.75 Å². The average Bonchev–Trinajstić information content (AvgIpc) is 2.66. The first kappa shape index (κ1) is 23.7. The predicted molar refractivity (Wildman–Crippen MR) is 101 cm³/mol. The molecule has 0 saturated carbocycles. The van der Waals surface area contributed by atoms with E-state index in [0.29, 0.717) is 30.2 Å². The molecule has 0 bridgehead atoms. The summed E-state index contributed by atoms with van der Waals surface area (Å²) in [5.74, 6) is -3.45. The minimum Gasteiger partial charge on any atom is -0.481 e. The van der Waals surface area contributed by atoms with Crippen LogP contribution < -0.4 is 25.3 Å². The van der Waals surface area contributed by atoms with E-state index in [4.69, 9.17) is 15.2 Å². The Morgan fingerprint density at radius 2 is 1.84 bits per heavy atom. The van der Waals surface area contributed by atoms with Gasteiger partial charge in [0.25, 0.3) is 5.91 Å². The number of nitrogens with one attached hydrogen (secondary N) is 1. The fourth-order valence-corrected chi connectivity index (χ4v) is 2.55. The summed E-state index contributed by atoms with van der Waals surface area (Å²) in [5.41, 5.74) is 5.49. The third-order valence-electron chi connectivity index (χ3n) is 4.15. The molecule has 3 N–H and O–H groups in total. The second-order valence-electron chi connectivity index (χ2n) is 6.41. The number of amides is 2. The number of nitrogens with two attached hydrogens (primary N) is 1. The summed E-state index contributed by atoms with van der Waals surface area (Å²) >= 11 is 0. The fourth-order valence-electron chi connectivity index (χ4n) is 2.55. The summed E-state index contributed by atoms with van der Waals surface area (Å²) in [5, 5.41) is 2.49. The van der Waals surface area contributed by atoms with Crippen molar-refractivity contribution in [2.45, 2.75) is 33.1 Å². The Morgan fingerprint density at radius 1 is 1.19 bits per heavy atom. The molecule has 8 nitrogen and oxygen atoms in total. The molecule has 2 aromatic rings. The van der Waals surface area contributed by atoms with Crippen LogP contribution in [0.15, 0.2) is 18.3 Å². The number of pyridine rings is 1. The number of carbonyl (C=O) groups is 2. The van der Waals surface area contributed by atoms with Gasteiger partial charge in [-0.1, -0.05) is 0 Å². The molecular formula is C19H19F4N3O5. The number of primary amides is 1. The minimum atomic E-state index is -4.78. The molecule has 12 heteroatoms. The summed E-state index contributed by atoms with van der Waals surface area (Å²) in [6.07, 6.45) is -7.12. The van der Waals surface area contributed by atoms with Crippen LogP contribution in [0.2, 0.25) is 0 Å². The molecule has 0 aliphatic rings. The van der Waals surface area contributed by atoms with Crippen LogP contribution in [0.5, 0.6) is 17.4 Å². The summed E-state index contributed by atoms with van der Waals surface area (Å²) in [6.45, 7) is 3.92. The lowest BCUT2D eigenvalue weighted by molar-refractivity contribution is -0.189. The highest BCUT2D eigenvalue weighted by Crippen LogP contribution is 2.34. The molecule has 0 radical (unpaired) electrons. The van der Waals surface area contributed by atoms with Crippen LogP contribution >= 0.6 is 0 Å². The van der Waals surface area contributed by atoms with Crippen molar-refractivity contribution in [1.82, 2.24) is 4.98 Å². The predicted octanol–water partition coefficient (Wildman–Crippen LogP) is 3.89. The maximum atomic E-state index is 14.3. The van der Waals surface area contributed by atoms with E-state index >= 15 is 0 Å². The SMILES string of the molecule is COc1ncc(C)c(NC(=O)c2cc(F)c(OC(N)=O)cc2O[C@@H](C)C(F)(F)F)c1C. The second-order valence-corrected chi connectivity index (χ2v) is 6.41. The normalized spacial score (nSPS) is 12.1. The Labute approximate surface area is 174 Å². The van der Waals surface area contributed by atoms with E-state index in [1.165, 1.54) is 13.3 Å². The topological polar surface area (TPSA) is 113 Å². The minimum absolute atomic E-state index is 0.208. The Morgan fingerprint density at radius 3 is 2.39 bits per heavy atom. The van der Waals surface area contributed by atoms with E-state index in [1.807, 2.05) is 0 Å². The zero-order valence-corrected chi connectivity index (χ0v) is 16.9. The Bertz CT molecular complexity index is 1010. The number of aromatic nitrogens is 1. The first-order chi connectivity index (χ1) is 14.3. The number of nitrogens with zero attached hydrogens (tertiary/aromatic N) is 1. The molecule has 1 atom stereocenters. The summed E-state index contributed by atoms with van der Waals surface area (Å²) < 4.78 is 67.6. The lowest BCUT2D eigenvalue weighted by Crippen LogP contribution is -2.32. The Balaban J connectivity index is 2.52. The van der Waals surface area contributed by atoms with Crippen molar-refractivity contribution < 1.29 is 41.4 Å². The quantitative estimate of drug-likeness (QED) is 0.653. The molecule has 1 aromatic carbocycles. The molecule has 168 valence electrons. The first-order valence-corrected chi connectivity index (χ1v) is 8.70. The zero-order chi connectivity index (χ0) is 23.5. The Kier molecular flexibility index (Phi) is 6.93. The number of methoxy groups -OCH3 is 1. The monoisotopic (exact) mass is 445 g/mol. The van der Waals surface area contributed by atoms with Gasteiger partial charge < -0.3 is 25.3 Å². The number of hydrogen-bond donors (Lipinski definition) is 2. The van der Waals surface area contributed by atoms with Crippen molar-refractivity contribution in [3.8, 4) is 17.4 Å². The third kappa shape index (κ3) is 5.53. The van der Waals surface area contributed by atoms with Gasteiger partial charge in [-0.05, 0) is 32.4 Å². The van der Waals surface area contributed by atoms with Crippen LogP contribution in [0.25, 0.3) is 0 Å². The molecule has 0 spiro atoms. The first-order valence-electron chi connectivity index (χ1n) is 8.70. The highest BCUT2D eigenvalue weighted by molar-refractivity contribution is 6.07. The van der Waals surface area contributed by atoms with Crippen LogP contribution in [-0.2, 0) is 0 Å². The van der Waals surface area contributed by atoms with Crippen molar-refractivity contribution >= 4 is 17.7 Å². The fraction of sp³-hybridized carbons (Fsp3) is 0.316. The van der Waals surface area contributed by atoms with Crippen LogP contribution in [-0.4, -0.2) is 36.4 Å². The maximum absolute atomic E-state index is 14.3. The highest BCUT2D eigenvalue weighted by Gasteiger charge is 2.39. The van der Waals surface area contributed by atoms with Crippen molar-refractivity contribution in [3.05, 3.63) is 40.8 Å². The van der Waals surface area contributed by atoms with Crippen LogP contribution in [0.4, 0.5) is 28.0 Å². The van der Waals surface area contributed by atoms with Crippen LogP contribution in [0.3, 0.4) is 0 Å². The number of benzene rings is 1.